The van der Waals surface area contributed by atoms with Gasteiger partial charge in [0.2, 0.25) is 0 Å². The third-order valence-electron chi connectivity index (χ3n) is 13.8. The van der Waals surface area contributed by atoms with Crippen molar-refractivity contribution in [3.8, 4) is 0 Å². The summed E-state index contributed by atoms with van der Waals surface area (Å²) in [5, 5.41) is 0. The topological polar surface area (TPSA) is 78.9 Å². The van der Waals surface area contributed by atoms with Crippen LogP contribution < -0.4 is 0 Å². The summed E-state index contributed by atoms with van der Waals surface area (Å²) >= 11 is 0. The number of hydrogen-bond donors (Lipinski definition) is 0. The molecule has 0 aliphatic carbocycles. The first kappa shape index (κ1) is 76.3. The molecule has 0 saturated carbocycles. The Morgan fingerprint density at radius 2 is 0.481 bits per heavy atom. The average molecular weight is 1120 g/mol. The SMILES string of the molecule is CC/C=C\C/C=C\C/C=C\C/C=C\C/C=C\C/C=C\CCCCCCCCC(=O)OCC(COC(=O)CCCCCCCCCCCCCCC)OC(=O)CCCCCCCC/C=C\C/C=C\C/C=C\C/C=C\C/C=C\C/C=C\CC. The molecule has 0 radical (unpaired) electrons. The number of hydrogen-bond acceptors (Lipinski definition) is 6. The minimum Gasteiger partial charge on any atom is -0.462 e. The second-order valence-corrected chi connectivity index (χ2v) is 21.6. The van der Waals surface area contributed by atoms with E-state index in [0.29, 0.717) is 19.3 Å². The molecular weight excluding hydrogens is 997 g/mol. The van der Waals surface area contributed by atoms with Crippen molar-refractivity contribution in [1.82, 2.24) is 0 Å². The number of carbonyl (C=O) groups is 3. The Bertz CT molecular complexity index is 1760. The third kappa shape index (κ3) is 66.0. The van der Waals surface area contributed by atoms with Crippen LogP contribution in [0.15, 0.2) is 146 Å². The third-order valence-corrected chi connectivity index (χ3v) is 13.8. The van der Waals surface area contributed by atoms with Gasteiger partial charge in [-0.15, -0.1) is 0 Å². The number of allylic oxidation sites excluding steroid dienone is 24. The number of rotatable bonds is 59. The lowest BCUT2D eigenvalue weighted by atomic mass is 10.0. The predicted molar refractivity (Wildman–Crippen MR) is 352 cm³/mol. The molecule has 0 spiro atoms. The van der Waals surface area contributed by atoms with Gasteiger partial charge in [0.15, 0.2) is 6.10 Å². The molecule has 0 heterocycles. The molecule has 0 amide bonds. The van der Waals surface area contributed by atoms with Gasteiger partial charge in [0, 0.05) is 19.3 Å². The summed E-state index contributed by atoms with van der Waals surface area (Å²) in [6.45, 7) is 6.40. The Labute approximate surface area is 499 Å². The van der Waals surface area contributed by atoms with Crippen molar-refractivity contribution >= 4 is 17.9 Å². The first-order valence-corrected chi connectivity index (χ1v) is 33.3. The molecule has 0 fully saturated rings. The van der Waals surface area contributed by atoms with Crippen LogP contribution in [0.1, 0.15) is 290 Å². The number of ether oxygens (including phenoxy) is 3. The monoisotopic (exact) mass is 1120 g/mol. The molecular formula is C75H122O6. The van der Waals surface area contributed by atoms with E-state index in [9.17, 15) is 14.4 Å². The summed E-state index contributed by atoms with van der Waals surface area (Å²) in [6.07, 6.45) is 97.0. The highest BCUT2D eigenvalue weighted by molar-refractivity contribution is 5.71. The van der Waals surface area contributed by atoms with Crippen LogP contribution in [0.4, 0.5) is 0 Å². The van der Waals surface area contributed by atoms with Crippen LogP contribution in [0.2, 0.25) is 0 Å². The number of unbranched alkanes of at least 4 members (excludes halogenated alkanes) is 24. The van der Waals surface area contributed by atoms with E-state index in [1.165, 1.54) is 89.9 Å². The maximum absolute atomic E-state index is 12.9. The molecule has 0 rings (SSSR count). The van der Waals surface area contributed by atoms with E-state index < -0.39 is 6.10 Å². The normalized spacial score (nSPS) is 13.1. The van der Waals surface area contributed by atoms with Crippen molar-refractivity contribution in [2.45, 2.75) is 297 Å². The molecule has 0 aromatic rings. The first-order valence-electron chi connectivity index (χ1n) is 33.3. The van der Waals surface area contributed by atoms with Gasteiger partial charge in [-0.3, -0.25) is 14.4 Å². The Morgan fingerprint density at radius 1 is 0.259 bits per heavy atom. The smallest absolute Gasteiger partial charge is 0.306 e. The van der Waals surface area contributed by atoms with Gasteiger partial charge in [-0.2, -0.15) is 0 Å². The zero-order valence-electron chi connectivity index (χ0n) is 52.5. The zero-order valence-corrected chi connectivity index (χ0v) is 52.5. The van der Waals surface area contributed by atoms with E-state index >= 15 is 0 Å². The average Bonchev–Trinajstić information content (AvgIpc) is 3.46. The van der Waals surface area contributed by atoms with E-state index in [1.54, 1.807) is 0 Å². The molecule has 6 nitrogen and oxygen atoms in total. The highest BCUT2D eigenvalue weighted by Gasteiger charge is 2.19. The fraction of sp³-hybridized carbons (Fsp3) is 0.640. The van der Waals surface area contributed by atoms with Crippen molar-refractivity contribution in [3.05, 3.63) is 146 Å². The molecule has 0 aliphatic heterocycles. The Hall–Kier alpha value is -4.71. The number of esters is 3. The first-order chi connectivity index (χ1) is 40.0. The van der Waals surface area contributed by atoms with Crippen molar-refractivity contribution in [1.29, 1.82) is 0 Å². The predicted octanol–water partition coefficient (Wildman–Crippen LogP) is 23.1. The molecule has 0 saturated heterocycles. The van der Waals surface area contributed by atoms with E-state index in [1.807, 2.05) is 0 Å². The van der Waals surface area contributed by atoms with E-state index in [2.05, 4.69) is 167 Å². The summed E-state index contributed by atoms with van der Waals surface area (Å²) in [5.74, 6) is -0.918. The molecule has 81 heavy (non-hydrogen) atoms. The lowest BCUT2D eigenvalue weighted by Gasteiger charge is -2.18. The minimum atomic E-state index is -0.799. The molecule has 458 valence electrons. The highest BCUT2D eigenvalue weighted by Crippen LogP contribution is 2.15. The Kier molecular flexibility index (Phi) is 63.9. The minimum absolute atomic E-state index is 0.0916. The lowest BCUT2D eigenvalue weighted by molar-refractivity contribution is -0.167. The summed E-state index contributed by atoms with van der Waals surface area (Å²) in [4.78, 5) is 38.4. The highest BCUT2D eigenvalue weighted by atomic mass is 16.6. The van der Waals surface area contributed by atoms with Gasteiger partial charge < -0.3 is 14.2 Å². The van der Waals surface area contributed by atoms with E-state index in [4.69, 9.17) is 14.2 Å². The maximum atomic E-state index is 12.9. The van der Waals surface area contributed by atoms with Crippen molar-refractivity contribution < 1.29 is 28.6 Å². The molecule has 1 unspecified atom stereocenters. The summed E-state index contributed by atoms with van der Waals surface area (Å²) in [6, 6.07) is 0. The van der Waals surface area contributed by atoms with Gasteiger partial charge in [-0.05, 0) is 122 Å². The molecule has 0 N–H and O–H groups in total. The Balaban J connectivity index is 4.42. The fourth-order valence-electron chi connectivity index (χ4n) is 8.92. The van der Waals surface area contributed by atoms with E-state index in [-0.39, 0.29) is 31.1 Å². The summed E-state index contributed by atoms with van der Waals surface area (Å²) < 4.78 is 16.9. The number of carbonyl (C=O) groups excluding carboxylic acids is 3. The zero-order chi connectivity index (χ0) is 58.5. The quantitative estimate of drug-likeness (QED) is 0.0261. The molecule has 0 aliphatic rings. The van der Waals surface area contributed by atoms with E-state index in [0.717, 1.165) is 161 Å². The van der Waals surface area contributed by atoms with Crippen LogP contribution in [-0.4, -0.2) is 37.2 Å². The second kappa shape index (κ2) is 67.8. The lowest BCUT2D eigenvalue weighted by Crippen LogP contribution is -2.30. The van der Waals surface area contributed by atoms with Crippen LogP contribution in [0.5, 0.6) is 0 Å². The van der Waals surface area contributed by atoms with Crippen LogP contribution >= 0.6 is 0 Å². The van der Waals surface area contributed by atoms with Crippen molar-refractivity contribution in [3.63, 3.8) is 0 Å². The fourth-order valence-corrected chi connectivity index (χ4v) is 8.92. The summed E-state index contributed by atoms with van der Waals surface area (Å²) in [7, 11) is 0. The standard InChI is InChI=1S/C75H122O6/c1-4-7-10-13-16-19-22-25-27-29-31-33-35-37-39-41-43-45-47-50-53-56-59-62-65-68-74(77)80-71-72(70-79-73(76)67-64-61-58-55-52-49-24-21-18-15-12-9-6-3)81-75(78)69-66-63-60-57-54-51-48-46-44-42-40-38-36-34-32-30-28-26-23-20-17-14-11-8-5-2/h7-8,10-11,16-17,19-20,25-28,31-34,37-40,43-46,72H,4-6,9,12-15,18,21-24,29-30,35-36,41-42,47-71H2,1-3H3/b10-7-,11-8-,19-16-,20-17-,27-25-,28-26-,33-31-,34-32-,39-37-,40-38-,45-43-,46-44-. The molecule has 1 atom stereocenters. The second-order valence-electron chi connectivity index (χ2n) is 21.6. The van der Waals surface area contributed by atoms with Crippen LogP contribution in [-0.2, 0) is 28.6 Å². The van der Waals surface area contributed by atoms with Gasteiger partial charge in [0.25, 0.3) is 0 Å². The Morgan fingerprint density at radius 3 is 0.753 bits per heavy atom. The van der Waals surface area contributed by atoms with Crippen LogP contribution in [0.25, 0.3) is 0 Å². The van der Waals surface area contributed by atoms with Crippen LogP contribution in [0, 0.1) is 0 Å². The van der Waals surface area contributed by atoms with Gasteiger partial charge in [0.05, 0.1) is 0 Å². The molecule has 0 aromatic carbocycles. The molecule has 0 bridgehead atoms. The van der Waals surface area contributed by atoms with Gasteiger partial charge in [0.1, 0.15) is 13.2 Å². The largest absolute Gasteiger partial charge is 0.462 e. The van der Waals surface area contributed by atoms with Crippen molar-refractivity contribution in [2.75, 3.05) is 13.2 Å². The van der Waals surface area contributed by atoms with Crippen molar-refractivity contribution in [2.24, 2.45) is 0 Å². The summed E-state index contributed by atoms with van der Waals surface area (Å²) in [5.41, 5.74) is 0. The van der Waals surface area contributed by atoms with Gasteiger partial charge >= 0.3 is 17.9 Å². The maximum Gasteiger partial charge on any atom is 0.306 e. The van der Waals surface area contributed by atoms with Gasteiger partial charge in [-0.1, -0.05) is 295 Å². The van der Waals surface area contributed by atoms with Gasteiger partial charge in [-0.25, -0.2) is 0 Å². The molecule has 0 aromatic heterocycles. The van der Waals surface area contributed by atoms with Crippen LogP contribution in [0.3, 0.4) is 0 Å². The molecule has 6 heteroatoms.